The molecule has 12 nitrogen and oxygen atoms in total. The van der Waals surface area contributed by atoms with Gasteiger partial charge in [-0.05, 0) is 16.7 Å². The molecule has 0 amide bonds. The first kappa shape index (κ1) is 41.3. The zero-order valence-electron chi connectivity index (χ0n) is 30.7. The summed E-state index contributed by atoms with van der Waals surface area (Å²) in [5.74, 6) is 0. The second kappa shape index (κ2) is 26.1. The van der Waals surface area contributed by atoms with Crippen LogP contribution in [0, 0.1) is 0 Å². The van der Waals surface area contributed by atoms with E-state index in [0.717, 1.165) is 16.7 Å². The average Bonchev–Trinajstić information content (AvgIpc) is 3.20. The fourth-order valence-corrected chi connectivity index (χ4v) is 5.78. The van der Waals surface area contributed by atoms with Gasteiger partial charge in [0.2, 0.25) is 0 Å². The highest BCUT2D eigenvalue weighted by Gasteiger charge is 2.49. The molecule has 3 aromatic rings. The Labute approximate surface area is 313 Å². The molecule has 292 valence electrons. The average molecular weight is 741 g/mol. The van der Waals surface area contributed by atoms with Crippen LogP contribution in [-0.4, -0.2) is 130 Å². The van der Waals surface area contributed by atoms with Gasteiger partial charge in [0, 0.05) is 0 Å². The summed E-state index contributed by atoms with van der Waals surface area (Å²) in [5.41, 5.74) is 3.10. The minimum Gasteiger partial charge on any atom is -0.377 e. The molecule has 0 spiro atoms. The molecule has 0 unspecified atom stereocenters. The third kappa shape index (κ3) is 16.2. The Bertz CT molecular complexity index is 1300. The van der Waals surface area contributed by atoms with Crippen LogP contribution in [0.5, 0.6) is 0 Å². The third-order valence-electron chi connectivity index (χ3n) is 8.46. The van der Waals surface area contributed by atoms with Crippen LogP contribution in [0.3, 0.4) is 0 Å². The topological polar surface area (TPSA) is 111 Å². The van der Waals surface area contributed by atoms with E-state index in [0.29, 0.717) is 106 Å². The minimum atomic E-state index is -0.794. The first-order chi connectivity index (χ1) is 26.4. The Morgan fingerprint density at radius 2 is 0.792 bits per heavy atom. The van der Waals surface area contributed by atoms with Crippen molar-refractivity contribution in [3.63, 3.8) is 0 Å². The maximum Gasteiger partial charge on any atom is 0.187 e. The van der Waals surface area contributed by atoms with Crippen LogP contribution in [-0.2, 0) is 76.7 Å². The lowest BCUT2D eigenvalue weighted by Crippen LogP contribution is -2.62. The monoisotopic (exact) mass is 740 g/mol. The van der Waals surface area contributed by atoms with Crippen molar-refractivity contribution in [2.24, 2.45) is 0 Å². The summed E-state index contributed by atoms with van der Waals surface area (Å²) in [6.07, 6.45) is -3.13. The number of fused-ring (bicyclic) bond motifs is 3. The van der Waals surface area contributed by atoms with E-state index in [1.165, 1.54) is 0 Å². The van der Waals surface area contributed by atoms with Gasteiger partial charge in [-0.25, -0.2) is 0 Å². The Balaban J connectivity index is 1.32. The molecule has 2 fully saturated rings. The van der Waals surface area contributed by atoms with Gasteiger partial charge in [0.05, 0.1) is 119 Å². The molecule has 0 N–H and O–H groups in total. The summed E-state index contributed by atoms with van der Waals surface area (Å²) in [6.45, 7) is 7.22. The summed E-state index contributed by atoms with van der Waals surface area (Å²) in [6, 6.07) is 30.1. The molecule has 0 saturated carbocycles. The lowest BCUT2D eigenvalue weighted by Gasteiger charge is -2.45. The van der Waals surface area contributed by atoms with Crippen molar-refractivity contribution in [3.8, 4) is 0 Å². The Kier molecular flexibility index (Phi) is 20.3. The fourth-order valence-electron chi connectivity index (χ4n) is 5.78. The molecule has 2 bridgehead atoms. The van der Waals surface area contributed by atoms with Crippen LogP contribution in [0.15, 0.2) is 91.0 Å². The van der Waals surface area contributed by atoms with E-state index in [1.54, 1.807) is 0 Å². The SMILES string of the molecule is c1ccc(COC[C@H]2O[C@@H]3OCCOCCOCCOCCOCCOCCOCCO[C@H]2[C@H](OCc2ccccc2)[C@H]3OCc2ccccc2)cc1. The van der Waals surface area contributed by atoms with Crippen LogP contribution < -0.4 is 0 Å². The smallest absolute Gasteiger partial charge is 0.187 e. The molecular formula is C41H56O12. The molecule has 2 saturated heterocycles. The molecule has 5 rings (SSSR count). The molecule has 0 aliphatic carbocycles. The summed E-state index contributed by atoms with van der Waals surface area (Å²) >= 11 is 0. The van der Waals surface area contributed by atoms with Crippen molar-refractivity contribution in [3.05, 3.63) is 108 Å². The van der Waals surface area contributed by atoms with Gasteiger partial charge in [0.15, 0.2) is 6.29 Å². The second-order valence-corrected chi connectivity index (χ2v) is 12.4. The Morgan fingerprint density at radius 1 is 0.415 bits per heavy atom. The highest BCUT2D eigenvalue weighted by Crippen LogP contribution is 2.31. The molecule has 3 aromatic carbocycles. The first-order valence-corrected chi connectivity index (χ1v) is 18.6. The summed E-state index contributed by atoms with van der Waals surface area (Å²) in [4.78, 5) is 0. The maximum atomic E-state index is 6.74. The first-order valence-electron chi connectivity index (χ1n) is 18.6. The van der Waals surface area contributed by atoms with Crippen molar-refractivity contribution in [2.45, 2.75) is 50.5 Å². The predicted octanol–water partition coefficient (Wildman–Crippen LogP) is 4.61. The van der Waals surface area contributed by atoms with Crippen molar-refractivity contribution in [1.29, 1.82) is 0 Å². The lowest BCUT2D eigenvalue weighted by molar-refractivity contribution is -0.328. The predicted molar refractivity (Wildman–Crippen MR) is 195 cm³/mol. The minimum absolute atomic E-state index is 0.240. The normalized spacial score (nSPS) is 25.5. The Morgan fingerprint density at radius 3 is 1.25 bits per heavy atom. The standard InChI is InChI=1S/C41H56O12/c1-4-10-34(11-5-1)30-48-33-37-38-39(51-31-35-12-6-2-7-13-35)40(52-32-36-14-8-3-9-15-36)41(53-37)50-29-27-47-25-23-45-21-19-43-17-16-42-18-20-44-22-24-46-26-28-49-38/h1-15,37-41H,16-33H2/t37-,38-,39+,40-,41+/m1/s1. The summed E-state index contributed by atoms with van der Waals surface area (Å²) in [7, 11) is 0. The molecule has 2 aliphatic rings. The van der Waals surface area contributed by atoms with Crippen molar-refractivity contribution >= 4 is 0 Å². The van der Waals surface area contributed by atoms with Crippen LogP contribution in [0.2, 0.25) is 0 Å². The largest absolute Gasteiger partial charge is 0.377 e. The van der Waals surface area contributed by atoms with E-state index in [4.69, 9.17) is 56.8 Å². The lowest BCUT2D eigenvalue weighted by atomic mass is 9.98. The molecule has 0 radical (unpaired) electrons. The maximum absolute atomic E-state index is 6.74. The number of benzene rings is 3. The molecule has 5 atom stereocenters. The fraction of sp³-hybridized carbons (Fsp3) is 0.561. The van der Waals surface area contributed by atoms with Gasteiger partial charge in [-0.3, -0.25) is 0 Å². The zero-order valence-corrected chi connectivity index (χ0v) is 30.7. The molecule has 53 heavy (non-hydrogen) atoms. The third-order valence-corrected chi connectivity index (χ3v) is 8.46. The van der Waals surface area contributed by atoms with E-state index in [-0.39, 0.29) is 13.2 Å². The van der Waals surface area contributed by atoms with Crippen LogP contribution in [0.4, 0.5) is 0 Å². The van der Waals surface area contributed by atoms with E-state index >= 15 is 0 Å². The molecule has 2 heterocycles. The molecule has 12 heteroatoms. The number of rotatable bonds is 10. The molecule has 2 aliphatic heterocycles. The van der Waals surface area contributed by atoms with Gasteiger partial charge >= 0.3 is 0 Å². The van der Waals surface area contributed by atoms with Crippen LogP contribution in [0.25, 0.3) is 0 Å². The highest BCUT2D eigenvalue weighted by molar-refractivity contribution is 5.15. The molecular weight excluding hydrogens is 684 g/mol. The van der Waals surface area contributed by atoms with Crippen molar-refractivity contribution < 1.29 is 56.8 Å². The number of ether oxygens (including phenoxy) is 12. The van der Waals surface area contributed by atoms with Crippen LogP contribution in [0.1, 0.15) is 16.7 Å². The van der Waals surface area contributed by atoms with Crippen molar-refractivity contribution in [2.75, 3.05) is 99.1 Å². The van der Waals surface area contributed by atoms with Crippen LogP contribution >= 0.6 is 0 Å². The second-order valence-electron chi connectivity index (χ2n) is 12.4. The van der Waals surface area contributed by atoms with E-state index in [9.17, 15) is 0 Å². The summed E-state index contributed by atoms with van der Waals surface area (Å²) < 4.78 is 73.4. The highest BCUT2D eigenvalue weighted by atomic mass is 16.7. The number of hydrogen-bond donors (Lipinski definition) is 0. The zero-order chi connectivity index (χ0) is 36.4. The quantitative estimate of drug-likeness (QED) is 0.290. The van der Waals surface area contributed by atoms with E-state index < -0.39 is 30.7 Å². The van der Waals surface area contributed by atoms with Gasteiger partial charge in [-0.15, -0.1) is 0 Å². The summed E-state index contributed by atoms with van der Waals surface area (Å²) in [5, 5.41) is 0. The van der Waals surface area contributed by atoms with E-state index in [2.05, 4.69) is 0 Å². The van der Waals surface area contributed by atoms with Gasteiger partial charge in [-0.1, -0.05) is 91.0 Å². The van der Waals surface area contributed by atoms with Gasteiger partial charge in [-0.2, -0.15) is 0 Å². The van der Waals surface area contributed by atoms with E-state index in [1.807, 2.05) is 91.0 Å². The van der Waals surface area contributed by atoms with Gasteiger partial charge < -0.3 is 56.8 Å². The van der Waals surface area contributed by atoms with Crippen molar-refractivity contribution in [1.82, 2.24) is 0 Å². The Hall–Kier alpha value is -2.82. The van der Waals surface area contributed by atoms with Gasteiger partial charge in [0.25, 0.3) is 0 Å². The molecule has 0 aromatic heterocycles. The number of hydrogen-bond acceptors (Lipinski definition) is 12. The van der Waals surface area contributed by atoms with Gasteiger partial charge in [0.1, 0.15) is 24.4 Å².